The zero-order valence-electron chi connectivity index (χ0n) is 13.5. The van der Waals surface area contributed by atoms with Gasteiger partial charge in [-0.15, -0.1) is 11.3 Å². The number of carbonyl (C=O) groups is 1. The van der Waals surface area contributed by atoms with Crippen molar-refractivity contribution in [2.24, 2.45) is 0 Å². The van der Waals surface area contributed by atoms with Crippen LogP contribution in [-0.4, -0.2) is 42.0 Å². The Bertz CT molecular complexity index is 880. The summed E-state index contributed by atoms with van der Waals surface area (Å²) in [7, 11) is -3.94. The first-order chi connectivity index (χ1) is 11.9. The van der Waals surface area contributed by atoms with E-state index in [1.807, 2.05) is 0 Å². The van der Waals surface area contributed by atoms with Gasteiger partial charge in [0.25, 0.3) is 10.0 Å². The van der Waals surface area contributed by atoms with Crippen LogP contribution in [-0.2, 0) is 29.4 Å². The molecule has 0 saturated carbocycles. The minimum atomic E-state index is -3.94. The first-order valence-electron chi connectivity index (χ1n) is 7.74. The summed E-state index contributed by atoms with van der Waals surface area (Å²) in [5.74, 6) is -1.21. The molecule has 25 heavy (non-hydrogen) atoms. The lowest BCUT2D eigenvalue weighted by molar-refractivity contribution is 0.0692. The van der Waals surface area contributed by atoms with E-state index in [4.69, 9.17) is 0 Å². The molecule has 2 aromatic heterocycles. The Balaban J connectivity index is 1.87. The van der Waals surface area contributed by atoms with Gasteiger partial charge in [-0.25, -0.2) is 17.9 Å². The van der Waals surface area contributed by atoms with Gasteiger partial charge in [0.15, 0.2) is 0 Å². The highest BCUT2D eigenvalue weighted by molar-refractivity contribution is 7.91. The fraction of sp³-hybridized carbons (Fsp3) is 0.400. The summed E-state index contributed by atoms with van der Waals surface area (Å²) in [5.41, 5.74) is 1.18. The quantitative estimate of drug-likeness (QED) is 0.675. The van der Waals surface area contributed by atoms with Crippen LogP contribution in [0.2, 0.25) is 0 Å². The van der Waals surface area contributed by atoms with Crippen molar-refractivity contribution in [2.75, 3.05) is 6.54 Å². The van der Waals surface area contributed by atoms with Gasteiger partial charge in [-0.05, 0) is 25.5 Å². The average Bonchev–Trinajstić information content (AvgIpc) is 2.96. The summed E-state index contributed by atoms with van der Waals surface area (Å²) in [4.78, 5) is 20.5. The van der Waals surface area contributed by atoms with Crippen molar-refractivity contribution in [2.45, 2.75) is 36.6 Å². The molecule has 1 atom stereocenters. The smallest absolute Gasteiger partial charge is 0.338 e. The van der Waals surface area contributed by atoms with Gasteiger partial charge in [-0.3, -0.25) is 9.97 Å². The Kier molecular flexibility index (Phi) is 5.13. The highest BCUT2D eigenvalue weighted by Gasteiger charge is 2.32. The van der Waals surface area contributed by atoms with Crippen molar-refractivity contribution in [3.05, 3.63) is 40.3 Å². The van der Waals surface area contributed by atoms with E-state index in [0.29, 0.717) is 37.2 Å². The van der Waals surface area contributed by atoms with Gasteiger partial charge in [-0.2, -0.15) is 0 Å². The highest BCUT2D eigenvalue weighted by Crippen LogP contribution is 2.34. The van der Waals surface area contributed by atoms with Gasteiger partial charge < -0.3 is 10.4 Å². The first kappa shape index (κ1) is 17.9. The molecule has 1 unspecified atom stereocenters. The summed E-state index contributed by atoms with van der Waals surface area (Å²) < 4.78 is 27.9. The molecule has 0 amide bonds. The van der Waals surface area contributed by atoms with E-state index in [1.54, 1.807) is 25.5 Å². The lowest BCUT2D eigenvalue weighted by Gasteiger charge is -2.14. The van der Waals surface area contributed by atoms with E-state index in [0.717, 1.165) is 16.2 Å². The fourth-order valence-electron chi connectivity index (χ4n) is 2.82. The van der Waals surface area contributed by atoms with Crippen molar-refractivity contribution in [1.29, 1.82) is 0 Å². The van der Waals surface area contributed by atoms with Crippen molar-refractivity contribution < 1.29 is 18.3 Å². The second kappa shape index (κ2) is 7.16. The summed E-state index contributed by atoms with van der Waals surface area (Å²) >= 11 is 1.02. The number of sulfonamides is 1. The Morgan fingerprint density at radius 1 is 1.48 bits per heavy atom. The van der Waals surface area contributed by atoms with Gasteiger partial charge in [0.05, 0.1) is 11.3 Å². The normalized spacial score (nSPS) is 15.6. The number of nitrogens with zero attached hydrogens (tertiary/aromatic N) is 2. The van der Waals surface area contributed by atoms with Crippen LogP contribution in [0.3, 0.4) is 0 Å². The van der Waals surface area contributed by atoms with Gasteiger partial charge in [0.2, 0.25) is 0 Å². The molecule has 1 aliphatic heterocycles. The topological polar surface area (TPSA) is 121 Å². The Morgan fingerprint density at radius 3 is 2.96 bits per heavy atom. The maximum atomic E-state index is 12.8. The second-order valence-corrected chi connectivity index (χ2v) is 8.84. The number of carboxylic acids is 1. The molecular weight excluding hydrogens is 364 g/mol. The number of fused-ring (bicyclic) bond motifs is 1. The number of aromatic carboxylic acids is 1. The molecule has 0 radical (unpaired) electrons. The number of nitrogens with one attached hydrogen (secondary N) is 2. The first-order valence-corrected chi connectivity index (χ1v) is 10.0. The van der Waals surface area contributed by atoms with Crippen molar-refractivity contribution in [1.82, 2.24) is 20.0 Å². The maximum absolute atomic E-state index is 12.8. The van der Waals surface area contributed by atoms with E-state index < -0.39 is 22.0 Å². The zero-order valence-corrected chi connectivity index (χ0v) is 15.2. The summed E-state index contributed by atoms with van der Waals surface area (Å²) in [6.07, 6.45) is 5.53. The lowest BCUT2D eigenvalue weighted by atomic mass is 10.1. The zero-order chi connectivity index (χ0) is 18.0. The molecule has 3 N–H and O–H groups in total. The Hall–Kier alpha value is -1.88. The van der Waals surface area contributed by atoms with Crippen molar-refractivity contribution >= 4 is 27.3 Å². The molecule has 0 bridgehead atoms. The SMILES string of the molecule is CC(Cc1cnccn1)NS(=O)(=O)c1sc2c(c1C(=O)O)CCNC2. The summed E-state index contributed by atoms with van der Waals surface area (Å²) in [5, 5.41) is 12.7. The average molecular weight is 382 g/mol. The molecule has 10 heteroatoms. The van der Waals surface area contributed by atoms with Crippen LogP contribution in [0.15, 0.2) is 22.8 Å². The minimum Gasteiger partial charge on any atom is -0.478 e. The summed E-state index contributed by atoms with van der Waals surface area (Å²) in [6.45, 7) is 2.84. The monoisotopic (exact) mass is 382 g/mol. The fourth-order valence-corrected chi connectivity index (χ4v) is 5.95. The second-order valence-electron chi connectivity index (χ2n) is 5.82. The number of hydrogen-bond acceptors (Lipinski definition) is 7. The van der Waals surface area contributed by atoms with Crippen LogP contribution in [0.4, 0.5) is 0 Å². The molecule has 134 valence electrons. The van der Waals surface area contributed by atoms with E-state index in [2.05, 4.69) is 20.0 Å². The van der Waals surface area contributed by atoms with Gasteiger partial charge in [0, 0.05) is 42.5 Å². The van der Waals surface area contributed by atoms with E-state index >= 15 is 0 Å². The highest BCUT2D eigenvalue weighted by atomic mass is 32.2. The van der Waals surface area contributed by atoms with Crippen LogP contribution in [0.25, 0.3) is 0 Å². The molecular formula is C15H18N4O4S2. The van der Waals surface area contributed by atoms with Crippen LogP contribution >= 0.6 is 11.3 Å². The predicted molar refractivity (Wildman–Crippen MR) is 92.2 cm³/mol. The number of thiophene rings is 1. The molecule has 0 aliphatic carbocycles. The van der Waals surface area contributed by atoms with Crippen molar-refractivity contribution in [3.8, 4) is 0 Å². The standard InChI is InChI=1S/C15H18N4O4S2/c1-9(6-10-7-17-4-5-18-10)19-25(22,23)15-13(14(20)21)11-2-3-16-8-12(11)24-15/h4-5,7,9,16,19H,2-3,6,8H2,1H3,(H,20,21). The number of carboxylic acid groups (broad SMARTS) is 1. The molecule has 0 fully saturated rings. The number of rotatable bonds is 6. The van der Waals surface area contributed by atoms with Crippen LogP contribution in [0, 0.1) is 0 Å². The van der Waals surface area contributed by atoms with Gasteiger partial charge >= 0.3 is 5.97 Å². The lowest BCUT2D eigenvalue weighted by Crippen LogP contribution is -2.34. The van der Waals surface area contributed by atoms with E-state index in [-0.39, 0.29) is 9.77 Å². The van der Waals surface area contributed by atoms with Gasteiger partial charge in [-0.1, -0.05) is 0 Å². The predicted octanol–water partition coefficient (Wildman–Crippen LogP) is 0.791. The number of aromatic nitrogens is 2. The largest absolute Gasteiger partial charge is 0.478 e. The third kappa shape index (κ3) is 3.87. The minimum absolute atomic E-state index is 0.0966. The Labute approximate surface area is 149 Å². The van der Waals surface area contributed by atoms with Crippen LogP contribution in [0.5, 0.6) is 0 Å². The number of hydrogen-bond donors (Lipinski definition) is 3. The molecule has 2 aromatic rings. The van der Waals surface area contributed by atoms with Crippen LogP contribution in [0.1, 0.15) is 33.4 Å². The van der Waals surface area contributed by atoms with E-state index in [9.17, 15) is 18.3 Å². The van der Waals surface area contributed by atoms with E-state index in [1.165, 1.54) is 0 Å². The third-order valence-corrected chi connectivity index (χ3v) is 7.18. The maximum Gasteiger partial charge on any atom is 0.338 e. The van der Waals surface area contributed by atoms with Crippen LogP contribution < -0.4 is 10.0 Å². The molecule has 1 aliphatic rings. The molecule has 0 spiro atoms. The third-order valence-electron chi connectivity index (χ3n) is 3.84. The molecule has 0 aromatic carbocycles. The molecule has 3 rings (SSSR count). The molecule has 3 heterocycles. The summed E-state index contributed by atoms with van der Waals surface area (Å²) in [6, 6.07) is -0.444. The molecule has 8 nitrogen and oxygen atoms in total. The Morgan fingerprint density at radius 2 is 2.28 bits per heavy atom. The van der Waals surface area contributed by atoms with Crippen molar-refractivity contribution in [3.63, 3.8) is 0 Å². The molecule has 0 saturated heterocycles. The van der Waals surface area contributed by atoms with Gasteiger partial charge in [0.1, 0.15) is 4.21 Å².